The van der Waals surface area contributed by atoms with E-state index in [0.29, 0.717) is 0 Å². The maximum atomic E-state index is 14.1. The number of H-pyrrole nitrogens is 1. The van der Waals surface area contributed by atoms with Crippen molar-refractivity contribution in [1.82, 2.24) is 19.5 Å². The Kier molecular flexibility index (Phi) is 15.2. The largest absolute Gasteiger partial charge is 0.510 e. The number of aromatic amines is 1. The molecular weight excluding hydrogens is 608 g/mol. The first-order valence-corrected chi connectivity index (χ1v) is 13.7. The molecule has 0 aliphatic rings. The summed E-state index contributed by atoms with van der Waals surface area (Å²) in [5.41, 5.74) is 5.36. The van der Waals surface area contributed by atoms with E-state index in [9.17, 15) is 33.6 Å². The molecule has 6 N–H and O–H groups in total. The number of halogens is 1. The van der Waals surface area contributed by atoms with Crippen LogP contribution >= 0.6 is 7.82 Å². The molecule has 2 rings (SSSR count). The molecule has 0 amide bonds. The fourth-order valence-electron chi connectivity index (χ4n) is 2.50. The number of carbonyl (C=O) groups is 2. The number of rotatable bonds is 14. The molecule has 0 saturated heterocycles. The van der Waals surface area contributed by atoms with Crippen LogP contribution in [0.4, 0.5) is 19.9 Å². The third kappa shape index (κ3) is 13.5. The number of aromatic nitrogens is 4. The predicted molar refractivity (Wildman–Crippen MR) is 143 cm³/mol. The summed E-state index contributed by atoms with van der Waals surface area (Å²) in [5, 5.41) is 27.9. The molecule has 0 spiro atoms. The van der Waals surface area contributed by atoms with Crippen molar-refractivity contribution in [3.63, 3.8) is 0 Å². The molecule has 0 aromatic carbocycles. The number of phosphoric acid groups is 1. The molecule has 2 aromatic rings. The van der Waals surface area contributed by atoms with E-state index in [-0.39, 0.29) is 23.8 Å². The SMILES string of the molecule is CC=C[C@H](O)[C@@](O)(F)COP(=O)(OCOC(=O)OC(C)C)OCOC(=O)OC(C)C.Nc1nc2c(ncn2CO)c(=O)[nH]1. The molecule has 0 fully saturated rings. The Balaban J connectivity index is 0.000000580. The van der Waals surface area contributed by atoms with Gasteiger partial charge in [0.1, 0.15) is 19.4 Å². The summed E-state index contributed by atoms with van der Waals surface area (Å²) in [4.78, 5) is 43.7. The molecule has 2 heterocycles. The van der Waals surface area contributed by atoms with Gasteiger partial charge < -0.3 is 40.0 Å². The number of fused-ring (bicyclic) bond motifs is 1. The summed E-state index contributed by atoms with van der Waals surface area (Å²) in [6.45, 7) is 3.96. The van der Waals surface area contributed by atoms with Gasteiger partial charge >= 0.3 is 20.1 Å². The number of hydrogen-bond acceptors (Lipinski definition) is 17. The van der Waals surface area contributed by atoms with Gasteiger partial charge in [-0.05, 0) is 34.6 Å². The lowest BCUT2D eigenvalue weighted by Crippen LogP contribution is -2.41. The molecule has 43 heavy (non-hydrogen) atoms. The molecule has 21 heteroatoms. The highest BCUT2D eigenvalue weighted by atomic mass is 31.2. The zero-order valence-electron chi connectivity index (χ0n) is 23.9. The van der Waals surface area contributed by atoms with Crippen LogP contribution in [0.15, 0.2) is 23.3 Å². The second-order valence-corrected chi connectivity index (χ2v) is 10.3. The highest BCUT2D eigenvalue weighted by Gasteiger charge is 2.39. The maximum absolute atomic E-state index is 14.1. The van der Waals surface area contributed by atoms with Gasteiger partial charge in [-0.2, -0.15) is 4.98 Å². The zero-order valence-corrected chi connectivity index (χ0v) is 24.8. The summed E-state index contributed by atoms with van der Waals surface area (Å²) in [5.74, 6) is -3.36. The van der Waals surface area contributed by atoms with Crippen molar-refractivity contribution in [3.8, 4) is 0 Å². The van der Waals surface area contributed by atoms with Gasteiger partial charge in [-0.15, -0.1) is 0 Å². The lowest BCUT2D eigenvalue weighted by molar-refractivity contribution is -0.177. The third-order valence-corrected chi connectivity index (χ3v) is 5.63. The maximum Gasteiger partial charge on any atom is 0.510 e. The molecular formula is C22H35FN5O14P. The van der Waals surface area contributed by atoms with Crippen molar-refractivity contribution < 1.29 is 66.4 Å². The van der Waals surface area contributed by atoms with Crippen molar-refractivity contribution >= 4 is 37.2 Å². The highest BCUT2D eigenvalue weighted by molar-refractivity contribution is 7.48. The van der Waals surface area contributed by atoms with Crippen molar-refractivity contribution in [2.75, 3.05) is 25.9 Å². The van der Waals surface area contributed by atoms with E-state index in [1.54, 1.807) is 27.7 Å². The van der Waals surface area contributed by atoms with E-state index < -0.39 is 70.1 Å². The molecule has 2 aromatic heterocycles. The lowest BCUT2D eigenvalue weighted by Gasteiger charge is -2.25. The van der Waals surface area contributed by atoms with Gasteiger partial charge in [-0.1, -0.05) is 12.2 Å². The molecule has 19 nitrogen and oxygen atoms in total. The average Bonchev–Trinajstić information content (AvgIpc) is 3.30. The Hall–Kier alpha value is -3.65. The first kappa shape index (κ1) is 37.4. The van der Waals surface area contributed by atoms with Crippen LogP contribution in [-0.4, -0.2) is 91.5 Å². The van der Waals surface area contributed by atoms with Crippen LogP contribution in [0.25, 0.3) is 11.2 Å². The Morgan fingerprint density at radius 2 is 1.67 bits per heavy atom. The number of aliphatic hydroxyl groups excluding tert-OH is 2. The zero-order chi connectivity index (χ0) is 32.8. The number of aliphatic hydroxyl groups is 3. The number of hydrogen-bond donors (Lipinski definition) is 5. The van der Waals surface area contributed by atoms with E-state index >= 15 is 0 Å². The van der Waals surface area contributed by atoms with Crippen LogP contribution < -0.4 is 11.3 Å². The number of phosphoric ester groups is 1. The van der Waals surface area contributed by atoms with Gasteiger partial charge in [0.2, 0.25) is 19.5 Å². The van der Waals surface area contributed by atoms with Crippen molar-refractivity contribution in [2.24, 2.45) is 0 Å². The molecule has 0 saturated carbocycles. The predicted octanol–water partition coefficient (Wildman–Crippen LogP) is 1.43. The van der Waals surface area contributed by atoms with E-state index in [4.69, 9.17) is 10.8 Å². The minimum absolute atomic E-state index is 0.00713. The topological polar surface area (TPSA) is 266 Å². The lowest BCUT2D eigenvalue weighted by atomic mass is 10.2. The van der Waals surface area contributed by atoms with Gasteiger partial charge in [0.25, 0.3) is 11.4 Å². The smallest absolute Gasteiger partial charge is 0.432 e. The number of imidazole rings is 1. The molecule has 0 aliphatic carbocycles. The summed E-state index contributed by atoms with van der Waals surface area (Å²) in [6, 6.07) is 0. The average molecular weight is 644 g/mol. The summed E-state index contributed by atoms with van der Waals surface area (Å²) >= 11 is 0. The second-order valence-electron chi connectivity index (χ2n) is 8.60. The van der Waals surface area contributed by atoms with Crippen molar-refractivity contribution in [1.29, 1.82) is 0 Å². The second kappa shape index (κ2) is 17.5. The van der Waals surface area contributed by atoms with Crippen LogP contribution in [0.5, 0.6) is 0 Å². The van der Waals surface area contributed by atoms with Crippen molar-refractivity contribution in [2.45, 2.75) is 65.5 Å². The number of alkyl halides is 1. The van der Waals surface area contributed by atoms with Gasteiger partial charge in [0.15, 0.2) is 11.2 Å². The quantitative estimate of drug-likeness (QED) is 0.0843. The Bertz CT molecular complexity index is 1280. The summed E-state index contributed by atoms with van der Waals surface area (Å²) in [7, 11) is -4.76. The number of anilines is 1. The fraction of sp³-hybridized carbons (Fsp3) is 0.591. The standard InChI is InChI=1S/C16H28FO12P.C6H7N5O2/c1-6-7-13(18)16(17,21)8-25-30(22,26-9-23-14(19)28-11(2)3)27-10-24-15(20)29-12(4)5;7-6-9-4-3(5(13)10-6)8-1-11(4)2-12/h6-7,11-13,18,21H,8-10H2,1-5H3;1,12H,2H2,(H3,7,9,10,13)/t13-,16+;/m0./s1. The van der Waals surface area contributed by atoms with E-state index in [1.807, 2.05) is 0 Å². The minimum Gasteiger partial charge on any atom is -0.432 e. The summed E-state index contributed by atoms with van der Waals surface area (Å²) in [6.07, 6.45) is -1.88. The monoisotopic (exact) mass is 643 g/mol. The van der Waals surface area contributed by atoms with E-state index in [1.165, 1.54) is 23.9 Å². The molecule has 0 aliphatic heterocycles. The molecule has 0 unspecified atom stereocenters. The third-order valence-electron chi connectivity index (χ3n) is 4.34. The van der Waals surface area contributed by atoms with Gasteiger partial charge in [0, 0.05) is 0 Å². The normalized spacial score (nSPS) is 13.8. The number of nitrogen functional groups attached to an aromatic ring is 1. The number of allylic oxidation sites excluding steroid dienone is 1. The molecule has 0 bridgehead atoms. The first-order chi connectivity index (χ1) is 20.0. The molecule has 0 radical (unpaired) electrons. The summed E-state index contributed by atoms with van der Waals surface area (Å²) < 4.78 is 60.1. The van der Waals surface area contributed by atoms with Crippen molar-refractivity contribution in [3.05, 3.63) is 28.8 Å². The van der Waals surface area contributed by atoms with Gasteiger partial charge in [-0.25, -0.2) is 32.6 Å². The fourth-order valence-corrected chi connectivity index (χ4v) is 3.43. The Morgan fingerprint density at radius 3 is 2.14 bits per heavy atom. The van der Waals surface area contributed by atoms with Crippen LogP contribution in [0.1, 0.15) is 34.6 Å². The number of nitrogens with one attached hydrogen (secondary N) is 1. The molecule has 244 valence electrons. The van der Waals surface area contributed by atoms with Crippen LogP contribution in [-0.2, 0) is 43.8 Å². The number of ether oxygens (including phenoxy) is 4. The number of nitrogens with two attached hydrogens (primary N) is 1. The van der Waals surface area contributed by atoms with Crippen LogP contribution in [0.2, 0.25) is 0 Å². The van der Waals surface area contributed by atoms with Gasteiger partial charge in [0.05, 0.1) is 18.5 Å². The van der Waals surface area contributed by atoms with Gasteiger partial charge in [-0.3, -0.25) is 18.9 Å². The van der Waals surface area contributed by atoms with E-state index in [2.05, 4.69) is 47.5 Å². The first-order valence-electron chi connectivity index (χ1n) is 12.3. The highest BCUT2D eigenvalue weighted by Crippen LogP contribution is 2.50. The molecule has 2 atom stereocenters. The minimum atomic E-state index is -4.76. The van der Waals surface area contributed by atoms with E-state index in [0.717, 1.165) is 6.08 Å². The Morgan fingerprint density at radius 1 is 1.14 bits per heavy atom. The number of nitrogens with zero attached hydrogens (tertiary/aromatic N) is 3. The van der Waals surface area contributed by atoms with Crippen LogP contribution in [0.3, 0.4) is 0 Å². The Labute approximate surface area is 243 Å². The van der Waals surface area contributed by atoms with Crippen LogP contribution in [0, 0.1) is 0 Å². The number of carbonyl (C=O) groups excluding carboxylic acids is 2.